The highest BCUT2D eigenvalue weighted by molar-refractivity contribution is 5.99. The first-order valence-electron chi connectivity index (χ1n) is 10.4. The highest BCUT2D eigenvalue weighted by Gasteiger charge is 2.30. The molecule has 0 N–H and O–H groups in total. The summed E-state index contributed by atoms with van der Waals surface area (Å²) in [5.41, 5.74) is 1.51. The molecule has 2 heterocycles. The number of halogens is 2. The van der Waals surface area contributed by atoms with Crippen molar-refractivity contribution in [3.05, 3.63) is 57.1 Å². The maximum atomic E-state index is 13.1. The largest absolute Gasteiger partial charge is 0.493 e. The number of benzene rings is 2. The normalized spacial score (nSPS) is 15.8. The molecule has 11 heteroatoms. The molecule has 0 aliphatic carbocycles. The van der Waals surface area contributed by atoms with Crippen LogP contribution in [0.4, 0.5) is 14.5 Å². The summed E-state index contributed by atoms with van der Waals surface area (Å²) in [4.78, 5) is 27.5. The Morgan fingerprint density at radius 1 is 1.18 bits per heavy atom. The van der Waals surface area contributed by atoms with Crippen molar-refractivity contribution in [2.24, 2.45) is 0 Å². The zero-order valence-electron chi connectivity index (χ0n) is 18.0. The molecule has 0 bridgehead atoms. The van der Waals surface area contributed by atoms with E-state index in [-0.39, 0.29) is 11.3 Å². The average Bonchev–Trinajstić information content (AvgIpc) is 3.26. The van der Waals surface area contributed by atoms with Crippen LogP contribution in [-0.2, 0) is 13.0 Å². The lowest BCUT2D eigenvalue weighted by Gasteiger charge is -2.34. The first-order valence-corrected chi connectivity index (χ1v) is 10.4. The zero-order valence-corrected chi connectivity index (χ0v) is 18.0. The first kappa shape index (κ1) is 22.7. The van der Waals surface area contributed by atoms with Gasteiger partial charge in [-0.3, -0.25) is 19.8 Å². The van der Waals surface area contributed by atoms with Crippen LogP contribution in [0.1, 0.15) is 21.5 Å². The van der Waals surface area contributed by atoms with E-state index in [1.165, 1.54) is 17.6 Å². The van der Waals surface area contributed by atoms with Crippen molar-refractivity contribution in [1.82, 2.24) is 9.80 Å². The first-order chi connectivity index (χ1) is 15.9. The second kappa shape index (κ2) is 9.57. The minimum atomic E-state index is -3.19. The fourth-order valence-corrected chi connectivity index (χ4v) is 4.10. The van der Waals surface area contributed by atoms with Gasteiger partial charge in [0.2, 0.25) is 0 Å². The van der Waals surface area contributed by atoms with Gasteiger partial charge in [-0.15, -0.1) is 0 Å². The van der Waals surface area contributed by atoms with Gasteiger partial charge in [0.25, 0.3) is 11.6 Å². The predicted molar refractivity (Wildman–Crippen MR) is 113 cm³/mol. The summed E-state index contributed by atoms with van der Waals surface area (Å²) in [5, 5.41) is 11.5. The van der Waals surface area contributed by atoms with Gasteiger partial charge in [0.15, 0.2) is 11.5 Å². The Morgan fingerprint density at radius 3 is 2.61 bits per heavy atom. The van der Waals surface area contributed by atoms with Crippen molar-refractivity contribution in [1.29, 1.82) is 0 Å². The number of methoxy groups -OCH3 is 1. The smallest absolute Gasteiger partial charge is 0.387 e. The quantitative estimate of drug-likeness (QED) is 0.460. The molecule has 0 atom stereocenters. The van der Waals surface area contributed by atoms with E-state index >= 15 is 0 Å². The predicted octanol–water partition coefficient (Wildman–Crippen LogP) is 3.10. The Kier molecular flexibility index (Phi) is 6.59. The summed E-state index contributed by atoms with van der Waals surface area (Å²) in [6, 6.07) is 8.02. The highest BCUT2D eigenvalue weighted by Crippen LogP contribution is 2.36. The van der Waals surface area contributed by atoms with Crippen LogP contribution in [0.15, 0.2) is 30.3 Å². The van der Waals surface area contributed by atoms with Gasteiger partial charge >= 0.3 is 6.61 Å². The van der Waals surface area contributed by atoms with Gasteiger partial charge in [-0.05, 0) is 17.2 Å². The van der Waals surface area contributed by atoms with E-state index in [4.69, 9.17) is 9.47 Å². The molecule has 9 nitrogen and oxygen atoms in total. The third kappa shape index (κ3) is 4.98. The molecule has 0 saturated carbocycles. The zero-order chi connectivity index (χ0) is 23.5. The van der Waals surface area contributed by atoms with Crippen molar-refractivity contribution >= 4 is 11.6 Å². The molecule has 1 amide bonds. The molecule has 0 unspecified atom stereocenters. The maximum absolute atomic E-state index is 13.1. The molecule has 1 saturated heterocycles. The Hall–Kier alpha value is -3.47. The van der Waals surface area contributed by atoms with Crippen LogP contribution >= 0.6 is 0 Å². The summed E-state index contributed by atoms with van der Waals surface area (Å²) in [6.45, 7) is 0.178. The number of piperazine rings is 1. The molecule has 33 heavy (non-hydrogen) atoms. The average molecular weight is 463 g/mol. The Bertz CT molecular complexity index is 1060. The molecule has 0 spiro atoms. The molecule has 0 aromatic heterocycles. The highest BCUT2D eigenvalue weighted by atomic mass is 19.3. The van der Waals surface area contributed by atoms with Crippen LogP contribution in [0.2, 0.25) is 0 Å². The lowest BCUT2D eigenvalue weighted by molar-refractivity contribution is -0.385. The van der Waals surface area contributed by atoms with E-state index in [2.05, 4.69) is 15.7 Å². The lowest BCUT2D eigenvalue weighted by atomic mass is 10.1. The fraction of sp³-hybridized carbons (Fsp3) is 0.409. The number of carbonyl (C=O) groups is 1. The molecular weight excluding hydrogens is 440 g/mol. The number of fused-ring (bicyclic) bond motifs is 1. The van der Waals surface area contributed by atoms with E-state index in [1.54, 1.807) is 0 Å². The Morgan fingerprint density at radius 2 is 1.94 bits per heavy atom. The maximum Gasteiger partial charge on any atom is 0.387 e. The number of amides is 1. The second-order valence-corrected chi connectivity index (χ2v) is 7.76. The van der Waals surface area contributed by atoms with E-state index in [0.717, 1.165) is 36.4 Å². The van der Waals surface area contributed by atoms with Crippen molar-refractivity contribution in [3.63, 3.8) is 0 Å². The molecule has 2 aliphatic rings. The monoisotopic (exact) mass is 463 g/mol. The third-order valence-electron chi connectivity index (χ3n) is 5.74. The minimum Gasteiger partial charge on any atom is -0.493 e. The van der Waals surface area contributed by atoms with Gasteiger partial charge in [0.05, 0.1) is 24.7 Å². The minimum absolute atomic E-state index is 0.177. The van der Waals surface area contributed by atoms with Gasteiger partial charge in [0, 0.05) is 45.2 Å². The number of hydrogen-bond acceptors (Lipinski definition) is 7. The number of nitro benzene ring substituents is 1. The summed E-state index contributed by atoms with van der Waals surface area (Å²) in [5.74, 6) is -0.308. The van der Waals surface area contributed by atoms with Crippen LogP contribution in [-0.4, -0.2) is 67.1 Å². The van der Waals surface area contributed by atoms with Crippen molar-refractivity contribution in [2.45, 2.75) is 19.6 Å². The summed E-state index contributed by atoms with van der Waals surface area (Å²) in [7, 11) is 1.21. The van der Waals surface area contributed by atoms with Gasteiger partial charge < -0.3 is 19.1 Å². The van der Waals surface area contributed by atoms with Gasteiger partial charge in [0.1, 0.15) is 11.3 Å². The number of alkyl halides is 2. The van der Waals surface area contributed by atoms with E-state index < -0.39 is 28.9 Å². The van der Waals surface area contributed by atoms with Crippen molar-refractivity contribution in [3.8, 4) is 17.2 Å². The van der Waals surface area contributed by atoms with Gasteiger partial charge in [-0.1, -0.05) is 12.1 Å². The van der Waals surface area contributed by atoms with Crippen LogP contribution in [0.25, 0.3) is 0 Å². The summed E-state index contributed by atoms with van der Waals surface area (Å²) in [6.07, 6.45) is 0.898. The van der Waals surface area contributed by atoms with Crippen LogP contribution in [0.5, 0.6) is 17.2 Å². The van der Waals surface area contributed by atoms with Crippen LogP contribution in [0.3, 0.4) is 0 Å². The standard InChI is InChI=1S/C22H23F2N3O6/c1-31-19-11-16(17(27(29)30)12-20(19)33-22(23)24)21(28)26-7-5-25(6-8-26)13-14-2-3-18-15(10-14)4-9-32-18/h2-3,10-12,22H,4-9,13H2,1H3. The number of rotatable bonds is 7. The number of ether oxygens (including phenoxy) is 3. The number of nitro groups is 1. The van der Waals surface area contributed by atoms with E-state index in [1.807, 2.05) is 12.1 Å². The molecule has 2 aliphatic heterocycles. The van der Waals surface area contributed by atoms with Crippen molar-refractivity contribution in [2.75, 3.05) is 39.9 Å². The Labute approximate surface area is 188 Å². The van der Waals surface area contributed by atoms with Crippen molar-refractivity contribution < 1.29 is 32.7 Å². The van der Waals surface area contributed by atoms with Gasteiger partial charge in [-0.2, -0.15) is 8.78 Å². The van der Waals surface area contributed by atoms with Gasteiger partial charge in [-0.25, -0.2) is 0 Å². The van der Waals surface area contributed by atoms with Crippen LogP contribution in [0, 0.1) is 10.1 Å². The SMILES string of the molecule is COc1cc(C(=O)N2CCN(Cc3ccc4c(c3)CCO4)CC2)c([N+](=O)[O-])cc1OC(F)F. The lowest BCUT2D eigenvalue weighted by Crippen LogP contribution is -2.48. The third-order valence-corrected chi connectivity index (χ3v) is 5.74. The second-order valence-electron chi connectivity index (χ2n) is 7.76. The summed E-state index contributed by atoms with van der Waals surface area (Å²) < 4.78 is 40.1. The number of carbonyl (C=O) groups excluding carboxylic acids is 1. The molecular formula is C22H23F2N3O6. The molecule has 176 valence electrons. The molecule has 2 aromatic carbocycles. The molecule has 4 rings (SSSR count). The number of hydrogen-bond donors (Lipinski definition) is 0. The van der Waals surface area contributed by atoms with Crippen LogP contribution < -0.4 is 14.2 Å². The molecule has 2 aromatic rings. The fourth-order valence-electron chi connectivity index (χ4n) is 4.10. The van der Waals surface area contributed by atoms with E-state index in [9.17, 15) is 23.7 Å². The molecule has 0 radical (unpaired) electrons. The van der Waals surface area contributed by atoms with E-state index in [0.29, 0.717) is 32.8 Å². The topological polar surface area (TPSA) is 94.4 Å². The number of nitrogens with zero attached hydrogens (tertiary/aromatic N) is 3. The Balaban J connectivity index is 1.45. The summed E-state index contributed by atoms with van der Waals surface area (Å²) >= 11 is 0. The molecule has 1 fully saturated rings.